The van der Waals surface area contributed by atoms with Crippen molar-refractivity contribution in [3.05, 3.63) is 17.0 Å². The van der Waals surface area contributed by atoms with E-state index in [0.717, 1.165) is 13.0 Å². The van der Waals surface area contributed by atoms with E-state index >= 15 is 0 Å². The van der Waals surface area contributed by atoms with Crippen molar-refractivity contribution in [2.24, 2.45) is 11.7 Å². The molecule has 20 heavy (non-hydrogen) atoms. The van der Waals surface area contributed by atoms with Gasteiger partial charge < -0.3 is 11.1 Å². The first-order chi connectivity index (χ1) is 9.43. The molecule has 0 aliphatic carbocycles. The number of nitrogens with two attached hydrogens (primary N) is 1. The molecule has 3 N–H and O–H groups in total. The summed E-state index contributed by atoms with van der Waals surface area (Å²) in [6.45, 7) is 5.27. The first kappa shape index (κ1) is 16.6. The van der Waals surface area contributed by atoms with Crippen LogP contribution in [-0.4, -0.2) is 37.0 Å². The minimum atomic E-state index is -0.107. The second-order valence-corrected chi connectivity index (χ2v) is 6.17. The molecule has 6 heteroatoms. The van der Waals surface area contributed by atoms with Crippen LogP contribution in [-0.2, 0) is 4.79 Å². The summed E-state index contributed by atoms with van der Waals surface area (Å²) in [5.74, 6) is 0.339. The Balaban J connectivity index is 2.37. The topological polar surface area (TPSA) is 82.2 Å². The van der Waals surface area contributed by atoms with Gasteiger partial charge in [0, 0.05) is 6.04 Å². The van der Waals surface area contributed by atoms with Gasteiger partial charge >= 0.3 is 0 Å². The molecule has 0 aromatic carbocycles. The molecule has 0 spiro atoms. The molecule has 1 amide bonds. The van der Waals surface area contributed by atoms with E-state index in [2.05, 4.69) is 25.2 Å². The van der Waals surface area contributed by atoms with Crippen LogP contribution in [0.25, 0.3) is 0 Å². The monoisotopic (exact) mass is 294 g/mol. The molecule has 0 saturated carbocycles. The Morgan fingerprint density at radius 3 is 2.90 bits per heavy atom. The molecular weight excluding hydrogens is 272 g/mol. The molecule has 0 saturated heterocycles. The Morgan fingerprint density at radius 2 is 2.30 bits per heavy atom. The molecule has 1 rings (SSSR count). The van der Waals surface area contributed by atoms with Gasteiger partial charge in [0.15, 0.2) is 0 Å². The number of rotatable bonds is 7. The van der Waals surface area contributed by atoms with Crippen molar-refractivity contribution in [1.82, 2.24) is 4.90 Å². The smallest absolute Gasteiger partial charge is 0.239 e. The summed E-state index contributed by atoms with van der Waals surface area (Å²) in [6, 6.07) is 3.91. The quantitative estimate of drug-likeness (QED) is 0.804. The molecule has 1 atom stereocenters. The Kier molecular flexibility index (Phi) is 6.65. The van der Waals surface area contributed by atoms with Crippen molar-refractivity contribution in [2.45, 2.75) is 26.3 Å². The number of hydrogen-bond donors (Lipinski definition) is 2. The molecule has 1 heterocycles. The van der Waals surface area contributed by atoms with Crippen LogP contribution in [0.3, 0.4) is 0 Å². The molecule has 0 bridgehead atoms. The minimum Gasteiger partial charge on any atom is -0.327 e. The van der Waals surface area contributed by atoms with Crippen LogP contribution in [0.5, 0.6) is 0 Å². The highest BCUT2D eigenvalue weighted by Crippen LogP contribution is 2.21. The van der Waals surface area contributed by atoms with Gasteiger partial charge in [0.1, 0.15) is 11.1 Å². The van der Waals surface area contributed by atoms with Gasteiger partial charge in [-0.05, 0) is 37.4 Å². The average Bonchev–Trinajstić information content (AvgIpc) is 2.82. The van der Waals surface area contributed by atoms with Crippen LogP contribution in [0.15, 0.2) is 11.4 Å². The van der Waals surface area contributed by atoms with E-state index in [1.807, 2.05) is 11.9 Å². The third kappa shape index (κ3) is 5.29. The van der Waals surface area contributed by atoms with E-state index < -0.39 is 0 Å². The predicted octanol–water partition coefficient (Wildman–Crippen LogP) is 1.86. The lowest BCUT2D eigenvalue weighted by molar-refractivity contribution is -0.117. The SMILES string of the molecule is CC(C)C(N)CCN(C)CC(=O)Nc1sccc1C#N. The third-order valence-electron chi connectivity index (χ3n) is 3.15. The summed E-state index contributed by atoms with van der Waals surface area (Å²) in [6.07, 6.45) is 0.865. The molecule has 0 radical (unpaired) electrons. The molecule has 0 fully saturated rings. The fourth-order valence-electron chi connectivity index (χ4n) is 1.69. The summed E-state index contributed by atoms with van der Waals surface area (Å²) < 4.78 is 0. The van der Waals surface area contributed by atoms with E-state index in [-0.39, 0.29) is 11.9 Å². The Bertz CT molecular complexity index is 478. The zero-order chi connectivity index (χ0) is 15.1. The second-order valence-electron chi connectivity index (χ2n) is 5.26. The molecular formula is C14H22N4OS. The van der Waals surface area contributed by atoms with Gasteiger partial charge in [-0.15, -0.1) is 11.3 Å². The van der Waals surface area contributed by atoms with Crippen LogP contribution in [0.2, 0.25) is 0 Å². The van der Waals surface area contributed by atoms with E-state index in [0.29, 0.717) is 23.0 Å². The molecule has 1 unspecified atom stereocenters. The Hall–Kier alpha value is -1.42. The van der Waals surface area contributed by atoms with Crippen molar-refractivity contribution in [1.29, 1.82) is 5.26 Å². The maximum Gasteiger partial charge on any atom is 0.239 e. The van der Waals surface area contributed by atoms with Crippen LogP contribution in [0.1, 0.15) is 25.8 Å². The van der Waals surface area contributed by atoms with Crippen LogP contribution in [0, 0.1) is 17.2 Å². The van der Waals surface area contributed by atoms with Crippen molar-refractivity contribution in [3.63, 3.8) is 0 Å². The maximum atomic E-state index is 11.9. The number of anilines is 1. The highest BCUT2D eigenvalue weighted by atomic mass is 32.1. The Morgan fingerprint density at radius 1 is 1.60 bits per heavy atom. The highest BCUT2D eigenvalue weighted by Gasteiger charge is 2.12. The number of likely N-dealkylation sites (N-methyl/N-ethyl adjacent to an activating group) is 1. The third-order valence-corrected chi connectivity index (χ3v) is 3.98. The summed E-state index contributed by atoms with van der Waals surface area (Å²) in [5, 5.41) is 14.1. The van der Waals surface area contributed by atoms with Gasteiger partial charge in [0.2, 0.25) is 5.91 Å². The largest absolute Gasteiger partial charge is 0.327 e. The van der Waals surface area contributed by atoms with Crippen LogP contribution in [0.4, 0.5) is 5.00 Å². The standard InChI is InChI=1S/C14H22N4OS/c1-10(2)12(16)4-6-18(3)9-13(19)17-14-11(8-15)5-7-20-14/h5,7,10,12H,4,6,9,16H2,1-3H3,(H,17,19). The molecule has 110 valence electrons. The summed E-state index contributed by atoms with van der Waals surface area (Å²) in [7, 11) is 1.90. The number of carbonyl (C=O) groups is 1. The summed E-state index contributed by atoms with van der Waals surface area (Å²) in [5.41, 5.74) is 6.49. The van der Waals surface area contributed by atoms with Crippen LogP contribution < -0.4 is 11.1 Å². The minimum absolute atomic E-state index is 0.107. The number of nitriles is 1. The van der Waals surface area contributed by atoms with E-state index in [1.54, 1.807) is 11.4 Å². The number of carbonyl (C=O) groups excluding carboxylic acids is 1. The molecule has 1 aromatic rings. The zero-order valence-corrected chi connectivity index (χ0v) is 13.0. The first-order valence-electron chi connectivity index (χ1n) is 6.65. The van der Waals surface area contributed by atoms with Gasteiger partial charge in [0.05, 0.1) is 12.1 Å². The van der Waals surface area contributed by atoms with Gasteiger partial charge in [-0.2, -0.15) is 5.26 Å². The second kappa shape index (κ2) is 8.00. The molecule has 5 nitrogen and oxygen atoms in total. The molecule has 0 aliphatic heterocycles. The lowest BCUT2D eigenvalue weighted by Crippen LogP contribution is -2.35. The van der Waals surface area contributed by atoms with Crippen molar-refractivity contribution < 1.29 is 4.79 Å². The van der Waals surface area contributed by atoms with E-state index in [9.17, 15) is 4.79 Å². The Labute approximate surface area is 124 Å². The molecule has 1 aromatic heterocycles. The van der Waals surface area contributed by atoms with Gasteiger partial charge in [0.25, 0.3) is 0 Å². The van der Waals surface area contributed by atoms with Crippen LogP contribution >= 0.6 is 11.3 Å². The molecule has 0 aliphatic rings. The maximum absolute atomic E-state index is 11.9. The first-order valence-corrected chi connectivity index (χ1v) is 7.53. The lowest BCUT2D eigenvalue weighted by atomic mass is 10.0. The number of nitrogens with zero attached hydrogens (tertiary/aromatic N) is 2. The highest BCUT2D eigenvalue weighted by molar-refractivity contribution is 7.14. The van der Waals surface area contributed by atoms with Gasteiger partial charge in [-0.3, -0.25) is 9.69 Å². The predicted molar refractivity (Wildman–Crippen MR) is 82.6 cm³/mol. The fraction of sp³-hybridized carbons (Fsp3) is 0.571. The number of hydrogen-bond acceptors (Lipinski definition) is 5. The number of amides is 1. The lowest BCUT2D eigenvalue weighted by Gasteiger charge is -2.20. The number of thiophene rings is 1. The van der Waals surface area contributed by atoms with E-state index in [4.69, 9.17) is 11.0 Å². The van der Waals surface area contributed by atoms with Crippen molar-refractivity contribution in [2.75, 3.05) is 25.5 Å². The average molecular weight is 294 g/mol. The zero-order valence-electron chi connectivity index (χ0n) is 12.2. The number of nitrogens with one attached hydrogen (secondary N) is 1. The van der Waals surface area contributed by atoms with E-state index in [1.165, 1.54) is 11.3 Å². The van der Waals surface area contributed by atoms with Crippen molar-refractivity contribution >= 4 is 22.2 Å². The summed E-state index contributed by atoms with van der Waals surface area (Å²) >= 11 is 1.36. The fourth-order valence-corrected chi connectivity index (χ4v) is 2.44. The summed E-state index contributed by atoms with van der Waals surface area (Å²) in [4.78, 5) is 13.8. The van der Waals surface area contributed by atoms with Gasteiger partial charge in [-0.1, -0.05) is 13.8 Å². The van der Waals surface area contributed by atoms with Gasteiger partial charge in [-0.25, -0.2) is 0 Å². The normalized spacial score (nSPS) is 12.4. The van der Waals surface area contributed by atoms with Crippen molar-refractivity contribution in [3.8, 4) is 6.07 Å².